The number of amides is 1. The van der Waals surface area contributed by atoms with Crippen molar-refractivity contribution in [3.63, 3.8) is 0 Å². The van der Waals surface area contributed by atoms with Gasteiger partial charge in [-0.1, -0.05) is 6.07 Å². The van der Waals surface area contributed by atoms with Crippen molar-refractivity contribution in [2.45, 2.75) is 19.9 Å². The van der Waals surface area contributed by atoms with Gasteiger partial charge in [0, 0.05) is 6.07 Å². The van der Waals surface area contributed by atoms with Gasteiger partial charge in [0.1, 0.15) is 11.8 Å². The lowest BCUT2D eigenvalue weighted by atomic mass is 10.1. The molecule has 1 aromatic rings. The third-order valence-electron chi connectivity index (χ3n) is 2.45. The fourth-order valence-corrected chi connectivity index (χ4v) is 1.51. The van der Waals surface area contributed by atoms with E-state index < -0.39 is 28.5 Å². The van der Waals surface area contributed by atoms with E-state index in [0.717, 1.165) is 6.07 Å². The maximum atomic E-state index is 12.0. The van der Waals surface area contributed by atoms with Crippen molar-refractivity contribution in [3.05, 3.63) is 33.9 Å². The number of hydrogen-bond donors (Lipinski definition) is 2. The monoisotopic (exact) mass is 282 g/mol. The van der Waals surface area contributed by atoms with Gasteiger partial charge in [0.05, 0.1) is 11.5 Å². The predicted molar refractivity (Wildman–Crippen MR) is 68.8 cm³/mol. The molecule has 108 valence electrons. The summed E-state index contributed by atoms with van der Waals surface area (Å²) in [5.41, 5.74) is -0.724. The highest BCUT2D eigenvalue weighted by atomic mass is 16.6. The predicted octanol–water partition coefficient (Wildman–Crippen LogP) is 1.20. The van der Waals surface area contributed by atoms with Crippen molar-refractivity contribution in [1.82, 2.24) is 5.32 Å². The number of ether oxygens (including phenoxy) is 1. The summed E-state index contributed by atoms with van der Waals surface area (Å²) >= 11 is 0. The number of rotatable bonds is 6. The summed E-state index contributed by atoms with van der Waals surface area (Å²) in [7, 11) is 0. The molecule has 8 nitrogen and oxygen atoms in total. The van der Waals surface area contributed by atoms with Crippen LogP contribution in [-0.2, 0) is 4.79 Å². The number of nitro benzene ring substituents is 1. The Balaban J connectivity index is 3.21. The molecule has 0 aliphatic carbocycles. The van der Waals surface area contributed by atoms with Crippen LogP contribution in [0.1, 0.15) is 24.2 Å². The Morgan fingerprint density at radius 3 is 2.65 bits per heavy atom. The van der Waals surface area contributed by atoms with Gasteiger partial charge in [-0.25, -0.2) is 0 Å². The van der Waals surface area contributed by atoms with Gasteiger partial charge in [0.25, 0.3) is 11.6 Å². The molecule has 0 saturated heterocycles. The summed E-state index contributed by atoms with van der Waals surface area (Å²) in [6, 6.07) is 2.79. The summed E-state index contributed by atoms with van der Waals surface area (Å²) in [6.45, 7) is 3.14. The molecule has 0 saturated carbocycles. The molecule has 1 aromatic carbocycles. The smallest absolute Gasteiger partial charge is 0.325 e. The SMILES string of the molecule is CCOc1cccc([N+](=O)[O-])c1C(=O)NC(C)C(=O)O. The van der Waals surface area contributed by atoms with Crippen LogP contribution < -0.4 is 10.1 Å². The van der Waals surface area contributed by atoms with Gasteiger partial charge >= 0.3 is 5.97 Å². The van der Waals surface area contributed by atoms with Gasteiger partial charge < -0.3 is 15.2 Å². The number of nitrogens with one attached hydrogen (secondary N) is 1. The second-order valence-electron chi connectivity index (χ2n) is 3.87. The van der Waals surface area contributed by atoms with E-state index >= 15 is 0 Å². The van der Waals surface area contributed by atoms with Crippen LogP contribution in [-0.4, -0.2) is 34.6 Å². The van der Waals surface area contributed by atoms with Crippen molar-refractivity contribution in [3.8, 4) is 5.75 Å². The van der Waals surface area contributed by atoms with Gasteiger partial charge in [-0.3, -0.25) is 19.7 Å². The topological polar surface area (TPSA) is 119 Å². The van der Waals surface area contributed by atoms with Crippen LogP contribution in [0, 0.1) is 10.1 Å². The zero-order chi connectivity index (χ0) is 15.3. The van der Waals surface area contributed by atoms with Gasteiger partial charge in [0.15, 0.2) is 5.56 Å². The third kappa shape index (κ3) is 3.44. The van der Waals surface area contributed by atoms with Crippen LogP contribution in [0.25, 0.3) is 0 Å². The number of hydrogen-bond acceptors (Lipinski definition) is 5. The van der Waals surface area contributed by atoms with Crippen LogP contribution in [0.5, 0.6) is 5.75 Å². The molecule has 1 unspecified atom stereocenters. The number of aliphatic carboxylic acids is 1. The highest BCUT2D eigenvalue weighted by Gasteiger charge is 2.27. The lowest BCUT2D eigenvalue weighted by Crippen LogP contribution is -2.38. The lowest BCUT2D eigenvalue weighted by molar-refractivity contribution is -0.385. The number of nitrogens with zero attached hydrogens (tertiary/aromatic N) is 1. The van der Waals surface area contributed by atoms with Crippen LogP contribution in [0.3, 0.4) is 0 Å². The molecule has 8 heteroatoms. The first kappa shape index (κ1) is 15.4. The number of carbonyl (C=O) groups excluding carboxylic acids is 1. The van der Waals surface area contributed by atoms with Crippen molar-refractivity contribution in [2.24, 2.45) is 0 Å². The third-order valence-corrected chi connectivity index (χ3v) is 2.45. The van der Waals surface area contributed by atoms with Gasteiger partial charge in [-0.2, -0.15) is 0 Å². The van der Waals surface area contributed by atoms with Gasteiger partial charge in [0.2, 0.25) is 0 Å². The Kier molecular flexibility index (Phi) is 5.01. The minimum Gasteiger partial charge on any atom is -0.493 e. The highest BCUT2D eigenvalue weighted by molar-refractivity contribution is 6.02. The fourth-order valence-electron chi connectivity index (χ4n) is 1.51. The first-order chi connectivity index (χ1) is 9.38. The van der Waals surface area contributed by atoms with E-state index in [1.54, 1.807) is 6.92 Å². The molecule has 0 spiro atoms. The van der Waals surface area contributed by atoms with E-state index in [-0.39, 0.29) is 17.9 Å². The zero-order valence-electron chi connectivity index (χ0n) is 11.0. The lowest BCUT2D eigenvalue weighted by Gasteiger charge is -2.12. The number of nitro groups is 1. The molecule has 0 aromatic heterocycles. The molecular formula is C12H14N2O6. The summed E-state index contributed by atoms with van der Waals surface area (Å²) in [5.74, 6) is -2.07. The van der Waals surface area contributed by atoms with E-state index in [4.69, 9.17) is 9.84 Å². The standard InChI is InChI=1S/C12H14N2O6/c1-3-20-9-6-4-5-8(14(18)19)10(9)11(15)13-7(2)12(16)17/h4-7H,3H2,1-2H3,(H,13,15)(H,16,17). The Morgan fingerprint density at radius 1 is 1.50 bits per heavy atom. The number of benzene rings is 1. The summed E-state index contributed by atoms with van der Waals surface area (Å²) in [5, 5.41) is 21.9. The summed E-state index contributed by atoms with van der Waals surface area (Å²) in [6.07, 6.45) is 0. The average Bonchev–Trinajstić information content (AvgIpc) is 2.38. The average molecular weight is 282 g/mol. The van der Waals surface area contributed by atoms with Crippen LogP contribution in [0.2, 0.25) is 0 Å². The molecule has 1 atom stereocenters. The number of carbonyl (C=O) groups is 2. The molecular weight excluding hydrogens is 268 g/mol. The van der Waals surface area contributed by atoms with Crippen LogP contribution in [0.4, 0.5) is 5.69 Å². The number of carboxylic acid groups (broad SMARTS) is 1. The first-order valence-corrected chi connectivity index (χ1v) is 5.82. The summed E-state index contributed by atoms with van der Waals surface area (Å²) in [4.78, 5) is 33.0. The summed E-state index contributed by atoms with van der Waals surface area (Å²) < 4.78 is 5.18. The quantitative estimate of drug-likeness (QED) is 0.597. The zero-order valence-corrected chi connectivity index (χ0v) is 11.0. The molecule has 0 radical (unpaired) electrons. The number of carboxylic acids is 1. The normalized spacial score (nSPS) is 11.5. The second kappa shape index (κ2) is 6.50. The molecule has 20 heavy (non-hydrogen) atoms. The highest BCUT2D eigenvalue weighted by Crippen LogP contribution is 2.28. The Bertz CT molecular complexity index is 543. The van der Waals surface area contributed by atoms with Crippen LogP contribution >= 0.6 is 0 Å². The molecule has 0 bridgehead atoms. The molecule has 0 aliphatic rings. The van der Waals surface area contributed by atoms with E-state index in [9.17, 15) is 19.7 Å². The second-order valence-corrected chi connectivity index (χ2v) is 3.87. The Morgan fingerprint density at radius 2 is 2.15 bits per heavy atom. The van der Waals surface area contributed by atoms with Crippen LogP contribution in [0.15, 0.2) is 18.2 Å². The first-order valence-electron chi connectivity index (χ1n) is 5.82. The van der Waals surface area contributed by atoms with E-state index in [1.807, 2.05) is 0 Å². The van der Waals surface area contributed by atoms with E-state index in [1.165, 1.54) is 19.1 Å². The molecule has 1 rings (SSSR count). The molecule has 1 amide bonds. The van der Waals surface area contributed by atoms with Crippen molar-refractivity contribution < 1.29 is 24.4 Å². The van der Waals surface area contributed by atoms with Crippen molar-refractivity contribution in [1.29, 1.82) is 0 Å². The Labute approximate surface area is 114 Å². The fraction of sp³-hybridized carbons (Fsp3) is 0.333. The van der Waals surface area contributed by atoms with Crippen molar-refractivity contribution in [2.75, 3.05) is 6.61 Å². The van der Waals surface area contributed by atoms with Crippen molar-refractivity contribution >= 4 is 17.6 Å². The maximum Gasteiger partial charge on any atom is 0.325 e. The molecule has 0 fully saturated rings. The largest absolute Gasteiger partial charge is 0.493 e. The maximum absolute atomic E-state index is 12.0. The molecule has 0 aliphatic heterocycles. The van der Waals surface area contributed by atoms with Gasteiger partial charge in [-0.05, 0) is 19.9 Å². The minimum absolute atomic E-state index is 0.0387. The molecule has 2 N–H and O–H groups in total. The molecule has 0 heterocycles. The van der Waals surface area contributed by atoms with E-state index in [2.05, 4.69) is 5.32 Å². The minimum atomic E-state index is -1.24. The Hall–Kier alpha value is -2.64. The van der Waals surface area contributed by atoms with E-state index in [0.29, 0.717) is 0 Å². The van der Waals surface area contributed by atoms with Gasteiger partial charge in [-0.15, -0.1) is 0 Å².